The number of nitro groups is 2. The van der Waals surface area contributed by atoms with Crippen molar-refractivity contribution in [3.8, 4) is 6.07 Å². The highest BCUT2D eigenvalue weighted by Crippen LogP contribution is 2.49. The number of non-ortho nitro benzene ring substituents is 1. The SMILES string of the molecule is CCC1OC(OCCCCCCNC(=O)[C@H](CCCCNc2ccc([N+](=O)[O-])cc2[N+](=O)[O-])CC(=O)CCCCC2SC[C@@H]3[C@H]2NC(=O)N3C(=O)c2ccc(C(C)(C)C)cc2)CC1OP(OCCC#N)N(C(C)C)C(C)C. The van der Waals surface area contributed by atoms with E-state index < -0.39 is 36.3 Å². The third-order valence-corrected chi connectivity index (χ3v) is 17.9. The molecule has 3 N–H and O–H groups in total. The Morgan fingerprint density at radius 1 is 0.961 bits per heavy atom. The summed E-state index contributed by atoms with van der Waals surface area (Å²) >= 11 is 1.74. The number of ketones is 1. The second kappa shape index (κ2) is 31.1. The van der Waals surface area contributed by atoms with Crippen LogP contribution in [0.3, 0.4) is 0 Å². The molecule has 0 spiro atoms. The third kappa shape index (κ3) is 18.9. The van der Waals surface area contributed by atoms with Gasteiger partial charge in [0.15, 0.2) is 6.29 Å². The number of nitro benzene ring substituents is 2. The first-order valence-electron chi connectivity index (χ1n) is 27.6. The number of unbranched alkanes of at least 4 members (excludes halogenated alkanes) is 5. The number of Topliss-reactive ketones (excluding diaryl/α,β-unsaturated/α-hetero) is 1. The molecule has 5 unspecified atom stereocenters. The van der Waals surface area contributed by atoms with E-state index in [1.807, 2.05) is 12.1 Å². The van der Waals surface area contributed by atoms with Crippen molar-refractivity contribution in [3.05, 3.63) is 73.8 Å². The van der Waals surface area contributed by atoms with Crippen LogP contribution in [0.4, 0.5) is 21.9 Å². The standard InChI is InChI=1S/C55H83N8O12PS/c1-9-47-48(75-76(73-32-18-28-56)61(37(2)3)38(4)5)35-50(74-47)72-31-17-11-10-15-30-58-52(65)40(19-14-16-29-57-44-27-26-42(62(68)69)34-45(44)63(70)71)33-43(64)20-12-13-21-49-51-46(36-77-49)60(54(67)59-51)53(66)39-22-24-41(25-23-39)55(6,7)8/h22-27,34,37-38,40,46-51,57H,9-21,29-33,35-36H2,1-8H3,(H,58,65)(H,59,67)/t40-,46-,47?,48?,49?,50?,51-,76?/m1/s1. The molecule has 3 aliphatic rings. The number of nitrogens with zero attached hydrogens (tertiary/aromatic N) is 5. The van der Waals surface area contributed by atoms with Crippen molar-refractivity contribution < 1.29 is 47.5 Å². The zero-order valence-electron chi connectivity index (χ0n) is 46.4. The molecule has 20 nitrogen and oxygen atoms in total. The minimum Gasteiger partial charge on any atom is -0.379 e. The number of fused-ring (bicyclic) bond motifs is 1. The average molecular weight is 1110 g/mol. The van der Waals surface area contributed by atoms with Crippen molar-refractivity contribution in [2.45, 2.75) is 205 Å². The summed E-state index contributed by atoms with van der Waals surface area (Å²) in [5.41, 5.74) is 0.889. The quantitative estimate of drug-likeness (QED) is 0.0193. The monoisotopic (exact) mass is 1110 g/mol. The van der Waals surface area contributed by atoms with E-state index in [0.717, 1.165) is 56.6 Å². The molecule has 0 aromatic heterocycles. The lowest BCUT2D eigenvalue weighted by Crippen LogP contribution is -2.41. The highest BCUT2D eigenvalue weighted by molar-refractivity contribution is 8.00. The van der Waals surface area contributed by atoms with E-state index >= 15 is 0 Å². The summed E-state index contributed by atoms with van der Waals surface area (Å²) in [6.07, 6.45) is 8.19. The van der Waals surface area contributed by atoms with Crippen molar-refractivity contribution in [2.75, 3.05) is 37.4 Å². The summed E-state index contributed by atoms with van der Waals surface area (Å²) in [4.78, 5) is 76.7. The van der Waals surface area contributed by atoms with Crippen LogP contribution in [0.5, 0.6) is 0 Å². The van der Waals surface area contributed by atoms with Gasteiger partial charge in [0.25, 0.3) is 25.8 Å². The van der Waals surface area contributed by atoms with Gasteiger partial charge in [-0.3, -0.25) is 39.5 Å². The summed E-state index contributed by atoms with van der Waals surface area (Å²) in [6, 6.07) is 12.6. The summed E-state index contributed by atoms with van der Waals surface area (Å²) in [7, 11) is -1.41. The van der Waals surface area contributed by atoms with E-state index in [2.05, 4.69) is 82.1 Å². The Labute approximate surface area is 460 Å². The molecule has 0 saturated carbocycles. The molecule has 22 heteroatoms. The Kier molecular flexibility index (Phi) is 25.5. The largest absolute Gasteiger partial charge is 0.379 e. The van der Waals surface area contributed by atoms with Gasteiger partial charge in [-0.25, -0.2) is 9.46 Å². The van der Waals surface area contributed by atoms with Crippen LogP contribution in [0.1, 0.15) is 168 Å². The minimum absolute atomic E-state index is 0.0164. The Hall–Kier alpha value is -4.81. The number of thioether (sulfide) groups is 1. The first kappa shape index (κ1) is 63.0. The van der Waals surface area contributed by atoms with E-state index in [9.17, 15) is 39.4 Å². The average Bonchev–Trinajstić information content (AvgIpc) is 4.07. The van der Waals surface area contributed by atoms with Crippen LogP contribution in [0.25, 0.3) is 0 Å². The zero-order chi connectivity index (χ0) is 56.2. The maximum atomic E-state index is 13.7. The molecule has 77 heavy (non-hydrogen) atoms. The van der Waals surface area contributed by atoms with Crippen LogP contribution in [-0.2, 0) is 33.5 Å². The molecule has 3 aliphatic heterocycles. The fourth-order valence-electron chi connectivity index (χ4n) is 10.1. The van der Waals surface area contributed by atoms with Crippen LogP contribution < -0.4 is 16.0 Å². The minimum atomic E-state index is -1.41. The molecule has 0 aliphatic carbocycles. The number of nitrogens with one attached hydrogen (secondary N) is 3. The summed E-state index contributed by atoms with van der Waals surface area (Å²) < 4.78 is 27.3. The lowest BCUT2D eigenvalue weighted by Gasteiger charge is -2.37. The molecule has 2 aromatic rings. The lowest BCUT2D eigenvalue weighted by molar-refractivity contribution is -0.393. The number of rotatable bonds is 34. The first-order chi connectivity index (χ1) is 36.7. The van der Waals surface area contributed by atoms with Gasteiger partial charge in [-0.15, -0.1) is 0 Å². The number of urea groups is 1. The van der Waals surface area contributed by atoms with Crippen LogP contribution in [-0.4, -0.2) is 123 Å². The molecule has 3 saturated heterocycles. The predicted octanol–water partition coefficient (Wildman–Crippen LogP) is 11.1. The molecule has 0 bridgehead atoms. The van der Waals surface area contributed by atoms with E-state index in [1.54, 1.807) is 23.9 Å². The molecule has 4 amide bonds. The van der Waals surface area contributed by atoms with Gasteiger partial charge in [-0.1, -0.05) is 65.5 Å². The smallest absolute Gasteiger partial charge is 0.325 e. The van der Waals surface area contributed by atoms with Crippen molar-refractivity contribution in [3.63, 3.8) is 0 Å². The van der Waals surface area contributed by atoms with Gasteiger partial charge in [0.2, 0.25) is 5.91 Å². The topological polar surface area (TPSA) is 258 Å². The van der Waals surface area contributed by atoms with E-state index in [4.69, 9.17) is 23.8 Å². The van der Waals surface area contributed by atoms with Crippen molar-refractivity contribution in [1.29, 1.82) is 5.26 Å². The van der Waals surface area contributed by atoms with Crippen molar-refractivity contribution in [1.82, 2.24) is 20.2 Å². The molecule has 0 radical (unpaired) electrons. The van der Waals surface area contributed by atoms with Gasteiger partial charge in [0.05, 0.1) is 59.3 Å². The highest BCUT2D eigenvalue weighted by atomic mass is 32.2. The van der Waals surface area contributed by atoms with Crippen LogP contribution in [0.15, 0.2) is 42.5 Å². The Morgan fingerprint density at radius 2 is 1.68 bits per heavy atom. The number of carbonyl (C=O) groups is 4. The summed E-state index contributed by atoms with van der Waals surface area (Å²) in [5.74, 6) is -0.446. The third-order valence-electron chi connectivity index (χ3n) is 14.2. The molecular formula is C55H83N8O12PS. The second-order valence-electron chi connectivity index (χ2n) is 21.8. The molecule has 3 heterocycles. The van der Waals surface area contributed by atoms with Gasteiger partial charge in [0.1, 0.15) is 11.5 Å². The zero-order valence-corrected chi connectivity index (χ0v) is 48.1. The number of anilines is 1. The number of amides is 4. The fourth-order valence-corrected chi connectivity index (χ4v) is 13.4. The number of hydrogen-bond acceptors (Lipinski definition) is 16. The second-order valence-corrected chi connectivity index (χ2v) is 24.4. The summed E-state index contributed by atoms with van der Waals surface area (Å²) in [5, 5.41) is 41.2. The van der Waals surface area contributed by atoms with Gasteiger partial charge in [-0.05, 0) is 102 Å². The van der Waals surface area contributed by atoms with Gasteiger partial charge >= 0.3 is 6.03 Å². The molecule has 2 aromatic carbocycles. The number of ether oxygens (including phenoxy) is 2. The Balaban J connectivity index is 1.06. The normalized spacial score (nSPS) is 21.0. The maximum absolute atomic E-state index is 13.7. The maximum Gasteiger partial charge on any atom is 0.325 e. The number of imide groups is 1. The van der Waals surface area contributed by atoms with E-state index in [1.165, 1.54) is 17.0 Å². The molecular weight excluding hydrogens is 1030 g/mol. The van der Waals surface area contributed by atoms with Crippen molar-refractivity contribution in [2.24, 2.45) is 5.92 Å². The molecule has 5 rings (SSSR count). The summed E-state index contributed by atoms with van der Waals surface area (Å²) in [6.45, 7) is 18.4. The Bertz CT molecular complexity index is 2310. The number of nitriles is 1. The number of benzene rings is 2. The van der Waals surface area contributed by atoms with Crippen LogP contribution in [0.2, 0.25) is 0 Å². The molecule has 3 fully saturated rings. The molecule has 8 atom stereocenters. The van der Waals surface area contributed by atoms with Gasteiger partial charge < -0.3 is 34.5 Å². The van der Waals surface area contributed by atoms with Crippen LogP contribution >= 0.6 is 20.3 Å². The molecule has 426 valence electrons. The van der Waals surface area contributed by atoms with E-state index in [-0.39, 0.29) is 94.9 Å². The van der Waals surface area contributed by atoms with E-state index in [0.29, 0.717) is 76.1 Å². The lowest BCUT2D eigenvalue weighted by atomic mass is 9.86. The number of hydrogen-bond donors (Lipinski definition) is 3. The fraction of sp³-hybridized carbons (Fsp3) is 0.691. The number of carbonyl (C=O) groups excluding carboxylic acids is 4. The predicted molar refractivity (Wildman–Crippen MR) is 298 cm³/mol. The highest BCUT2D eigenvalue weighted by Gasteiger charge is 2.50. The first-order valence-corrected chi connectivity index (χ1v) is 29.8. The van der Waals surface area contributed by atoms with Gasteiger partial charge in [0, 0.05) is 79.6 Å². The van der Waals surface area contributed by atoms with Crippen LogP contribution in [0, 0.1) is 37.5 Å². The van der Waals surface area contributed by atoms with Gasteiger partial charge in [-0.2, -0.15) is 17.0 Å². The van der Waals surface area contributed by atoms with Crippen molar-refractivity contribution >= 4 is 61.0 Å². The Morgan fingerprint density at radius 3 is 2.34 bits per heavy atom.